The van der Waals surface area contributed by atoms with Gasteiger partial charge in [-0.25, -0.2) is 13.1 Å². The van der Waals surface area contributed by atoms with Crippen molar-refractivity contribution in [3.05, 3.63) is 0 Å². The monoisotopic (exact) mass is 262 g/mol. The fourth-order valence-electron chi connectivity index (χ4n) is 2.31. The molecule has 0 unspecified atom stereocenters. The van der Waals surface area contributed by atoms with Gasteiger partial charge >= 0.3 is 0 Å². The molecule has 0 spiro atoms. The molecule has 0 aromatic heterocycles. The zero-order valence-corrected chi connectivity index (χ0v) is 11.7. The minimum absolute atomic E-state index is 0.540. The van der Waals surface area contributed by atoms with Crippen molar-refractivity contribution < 1.29 is 8.42 Å². The average Bonchev–Trinajstić information content (AvgIpc) is 2.18. The minimum Gasteiger partial charge on any atom is -0.314 e. The molecule has 0 aromatic rings. The summed E-state index contributed by atoms with van der Waals surface area (Å²) in [5, 5.41) is 3.54. The lowest BCUT2D eigenvalue weighted by Gasteiger charge is -2.21. The van der Waals surface area contributed by atoms with Crippen molar-refractivity contribution in [1.29, 1.82) is 0 Å². The van der Waals surface area contributed by atoms with Gasteiger partial charge in [0.1, 0.15) is 0 Å². The summed E-state index contributed by atoms with van der Waals surface area (Å²) in [7, 11) is -3.02. The maximum atomic E-state index is 10.8. The second-order valence-corrected chi connectivity index (χ2v) is 6.85. The van der Waals surface area contributed by atoms with E-state index < -0.39 is 10.0 Å². The van der Waals surface area contributed by atoms with E-state index in [0.717, 1.165) is 13.0 Å². The Bertz CT molecular complexity index is 283. The van der Waals surface area contributed by atoms with Crippen molar-refractivity contribution in [2.24, 2.45) is 0 Å². The Hall–Kier alpha value is -0.130. The first-order chi connectivity index (χ1) is 8.08. The molecule has 5 heteroatoms. The van der Waals surface area contributed by atoms with Crippen LogP contribution in [0.2, 0.25) is 0 Å². The molecular weight excluding hydrogens is 236 g/mol. The maximum absolute atomic E-state index is 10.8. The highest BCUT2D eigenvalue weighted by Crippen LogP contribution is 2.16. The molecule has 0 saturated heterocycles. The number of nitrogens with one attached hydrogen (secondary N) is 2. The molecule has 0 bridgehead atoms. The van der Waals surface area contributed by atoms with Crippen LogP contribution in [0.5, 0.6) is 0 Å². The summed E-state index contributed by atoms with van der Waals surface area (Å²) in [5.74, 6) is 0. The molecule has 0 aromatic carbocycles. The molecular formula is C12H26N2O2S. The third kappa shape index (κ3) is 8.57. The second kappa shape index (κ2) is 8.06. The Morgan fingerprint density at radius 2 is 1.59 bits per heavy atom. The molecule has 1 aliphatic rings. The summed E-state index contributed by atoms with van der Waals surface area (Å²) in [6, 6.07) is 0.647. The summed E-state index contributed by atoms with van der Waals surface area (Å²) in [4.78, 5) is 0. The summed E-state index contributed by atoms with van der Waals surface area (Å²) in [5.41, 5.74) is 0. The molecule has 1 saturated carbocycles. The van der Waals surface area contributed by atoms with Crippen LogP contribution in [-0.4, -0.2) is 33.8 Å². The van der Waals surface area contributed by atoms with Gasteiger partial charge in [0.05, 0.1) is 6.26 Å². The normalized spacial score (nSPS) is 19.8. The van der Waals surface area contributed by atoms with Gasteiger partial charge in [-0.2, -0.15) is 0 Å². The van der Waals surface area contributed by atoms with Gasteiger partial charge < -0.3 is 5.32 Å². The van der Waals surface area contributed by atoms with Crippen LogP contribution < -0.4 is 10.0 Å². The highest BCUT2D eigenvalue weighted by Gasteiger charge is 2.10. The van der Waals surface area contributed by atoms with Gasteiger partial charge in [0.2, 0.25) is 10.0 Å². The van der Waals surface area contributed by atoms with Crippen molar-refractivity contribution in [3.63, 3.8) is 0 Å². The van der Waals surface area contributed by atoms with E-state index in [-0.39, 0.29) is 0 Å². The van der Waals surface area contributed by atoms with Gasteiger partial charge in [0.25, 0.3) is 0 Å². The molecule has 17 heavy (non-hydrogen) atoms. The van der Waals surface area contributed by atoms with Crippen molar-refractivity contribution in [2.45, 2.75) is 57.4 Å². The first kappa shape index (κ1) is 14.9. The van der Waals surface area contributed by atoms with Crippen LogP contribution in [0, 0.1) is 0 Å². The third-order valence-corrected chi connectivity index (χ3v) is 3.98. The number of hydrogen-bond acceptors (Lipinski definition) is 3. The minimum atomic E-state index is -3.02. The molecule has 0 heterocycles. The van der Waals surface area contributed by atoms with Crippen LogP contribution >= 0.6 is 0 Å². The molecule has 0 aliphatic heterocycles. The molecule has 4 nitrogen and oxygen atoms in total. The Balaban J connectivity index is 2.04. The maximum Gasteiger partial charge on any atom is 0.208 e. The second-order valence-electron chi connectivity index (χ2n) is 5.02. The first-order valence-electron chi connectivity index (χ1n) is 6.76. The highest BCUT2D eigenvalue weighted by atomic mass is 32.2. The third-order valence-electron chi connectivity index (χ3n) is 3.26. The fourth-order valence-corrected chi connectivity index (χ4v) is 2.83. The predicted molar refractivity (Wildman–Crippen MR) is 71.6 cm³/mol. The van der Waals surface area contributed by atoms with Gasteiger partial charge in [-0.15, -0.1) is 0 Å². The van der Waals surface area contributed by atoms with Crippen molar-refractivity contribution in [1.82, 2.24) is 10.0 Å². The van der Waals surface area contributed by atoms with Gasteiger partial charge in [-0.3, -0.25) is 0 Å². The van der Waals surface area contributed by atoms with Gasteiger partial charge in [-0.05, 0) is 25.8 Å². The fraction of sp³-hybridized carbons (Fsp3) is 1.00. The van der Waals surface area contributed by atoms with E-state index in [9.17, 15) is 8.42 Å². The molecule has 1 aliphatic carbocycles. The number of sulfonamides is 1. The largest absolute Gasteiger partial charge is 0.314 e. The Morgan fingerprint density at radius 3 is 2.18 bits per heavy atom. The SMILES string of the molecule is CS(=O)(=O)NCCCNC1CCCCCCC1. The molecule has 102 valence electrons. The van der Waals surface area contributed by atoms with E-state index in [1.54, 1.807) is 0 Å². The summed E-state index contributed by atoms with van der Waals surface area (Å²) >= 11 is 0. The smallest absolute Gasteiger partial charge is 0.208 e. The quantitative estimate of drug-likeness (QED) is 0.715. The van der Waals surface area contributed by atoms with Gasteiger partial charge in [-0.1, -0.05) is 32.1 Å². The van der Waals surface area contributed by atoms with Gasteiger partial charge in [0.15, 0.2) is 0 Å². The van der Waals surface area contributed by atoms with Crippen LogP contribution in [0.3, 0.4) is 0 Å². The van der Waals surface area contributed by atoms with E-state index in [4.69, 9.17) is 0 Å². The highest BCUT2D eigenvalue weighted by molar-refractivity contribution is 7.88. The predicted octanol–water partition coefficient (Wildman–Crippen LogP) is 1.63. The molecule has 1 rings (SSSR count). The Kier molecular flexibility index (Phi) is 7.08. The molecule has 2 N–H and O–H groups in total. The van der Waals surface area contributed by atoms with Crippen LogP contribution in [0.1, 0.15) is 51.4 Å². The van der Waals surface area contributed by atoms with Crippen LogP contribution in [-0.2, 0) is 10.0 Å². The molecule has 1 fully saturated rings. The zero-order valence-electron chi connectivity index (χ0n) is 10.9. The lowest BCUT2D eigenvalue weighted by atomic mass is 9.97. The molecule has 0 amide bonds. The standard InChI is InChI=1S/C12H26N2O2S/c1-17(15,16)14-11-7-10-13-12-8-5-3-2-4-6-9-12/h12-14H,2-11H2,1H3. The lowest BCUT2D eigenvalue weighted by molar-refractivity contribution is 0.388. The van der Waals surface area contributed by atoms with Crippen LogP contribution in [0.4, 0.5) is 0 Å². The summed E-state index contributed by atoms with van der Waals surface area (Å²) in [6.07, 6.45) is 11.4. The number of hydrogen-bond donors (Lipinski definition) is 2. The van der Waals surface area contributed by atoms with Crippen LogP contribution in [0.25, 0.3) is 0 Å². The summed E-state index contributed by atoms with van der Waals surface area (Å²) in [6.45, 7) is 1.45. The molecule has 0 atom stereocenters. The van der Waals surface area contributed by atoms with Crippen LogP contribution in [0.15, 0.2) is 0 Å². The molecule has 0 radical (unpaired) electrons. The van der Waals surface area contributed by atoms with E-state index in [1.807, 2.05) is 0 Å². The van der Waals surface area contributed by atoms with Crippen molar-refractivity contribution in [2.75, 3.05) is 19.3 Å². The van der Waals surface area contributed by atoms with E-state index in [2.05, 4.69) is 10.0 Å². The van der Waals surface area contributed by atoms with E-state index in [0.29, 0.717) is 12.6 Å². The summed E-state index contributed by atoms with van der Waals surface area (Å²) < 4.78 is 24.2. The zero-order chi connectivity index (χ0) is 12.6. The lowest BCUT2D eigenvalue weighted by Crippen LogP contribution is -2.33. The average molecular weight is 262 g/mol. The van der Waals surface area contributed by atoms with Gasteiger partial charge in [0, 0.05) is 12.6 Å². The van der Waals surface area contributed by atoms with Crippen molar-refractivity contribution in [3.8, 4) is 0 Å². The topological polar surface area (TPSA) is 58.2 Å². The van der Waals surface area contributed by atoms with E-state index >= 15 is 0 Å². The van der Waals surface area contributed by atoms with Crippen molar-refractivity contribution >= 4 is 10.0 Å². The Labute approximate surface area is 106 Å². The first-order valence-corrected chi connectivity index (χ1v) is 8.65. The van der Waals surface area contributed by atoms with E-state index in [1.165, 1.54) is 51.2 Å². The number of rotatable bonds is 6. The Morgan fingerprint density at radius 1 is 1.00 bits per heavy atom.